The molecule has 4 rings (SSSR count). The Balaban J connectivity index is 1.65. The lowest BCUT2D eigenvalue weighted by Gasteiger charge is -2.39. The number of nitro benzene ring substituents is 1. The van der Waals surface area contributed by atoms with Gasteiger partial charge in [-0.15, -0.1) is 0 Å². The van der Waals surface area contributed by atoms with Gasteiger partial charge in [-0.3, -0.25) is 10.1 Å². The van der Waals surface area contributed by atoms with Crippen molar-refractivity contribution in [3.8, 4) is 0 Å². The first-order valence-corrected chi connectivity index (χ1v) is 17.2. The Morgan fingerprint density at radius 2 is 1.95 bits per heavy atom. The summed E-state index contributed by atoms with van der Waals surface area (Å²) in [7, 11) is -2.00. The van der Waals surface area contributed by atoms with Crippen LogP contribution in [0, 0.1) is 16.0 Å². The van der Waals surface area contributed by atoms with Crippen molar-refractivity contribution >= 4 is 36.6 Å². The quantitative estimate of drug-likeness (QED) is 0.102. The molecule has 3 aromatic rings. The fourth-order valence-corrected chi connectivity index (χ4v) is 6.69. The number of halogens is 1. The summed E-state index contributed by atoms with van der Waals surface area (Å²) < 4.78 is 21.7. The summed E-state index contributed by atoms with van der Waals surface area (Å²) in [4.78, 5) is 20.1. The van der Waals surface area contributed by atoms with Gasteiger partial charge in [-0.25, -0.2) is 9.97 Å². The first-order valence-electron chi connectivity index (χ1n) is 13.9. The van der Waals surface area contributed by atoms with Crippen molar-refractivity contribution in [2.24, 2.45) is 5.92 Å². The van der Waals surface area contributed by atoms with Gasteiger partial charge < -0.3 is 18.5 Å². The standard InChI is InChI=1S/C29H41ClN4O5Si/c1-9-22-23(39-40(7,8)29(4,5)6)14-24(38-22)33-15-19(25-27(30)31-17-32-28(25)33)16-37-26(18(2)3)20-12-10-11-13-21(20)34(35)36/h10-13,15,17-18,22-24,26H,9,14,16H2,1-8H3/t22-,23?,24-,26?/m1/s1. The van der Waals surface area contributed by atoms with Gasteiger partial charge in [-0.1, -0.05) is 65.3 Å². The highest BCUT2D eigenvalue weighted by atomic mass is 35.5. The molecule has 0 N–H and O–H groups in total. The van der Waals surface area contributed by atoms with E-state index < -0.39 is 14.4 Å². The Hall–Kier alpha value is -2.37. The second-order valence-corrected chi connectivity index (χ2v) is 17.5. The normalized spacial score (nSPS) is 20.9. The van der Waals surface area contributed by atoms with E-state index in [9.17, 15) is 10.1 Å². The third-order valence-electron chi connectivity index (χ3n) is 8.25. The molecule has 2 aromatic heterocycles. The molecule has 9 nitrogen and oxygen atoms in total. The van der Waals surface area contributed by atoms with Gasteiger partial charge in [0.1, 0.15) is 23.4 Å². The third-order valence-corrected chi connectivity index (χ3v) is 13.0. The number of nitrogens with zero attached hydrogens (tertiary/aromatic N) is 4. The summed E-state index contributed by atoms with van der Waals surface area (Å²) in [6.45, 7) is 17.5. The smallest absolute Gasteiger partial charge is 0.275 e. The number of nitro groups is 1. The molecule has 0 bridgehead atoms. The van der Waals surface area contributed by atoms with Crippen molar-refractivity contribution in [3.05, 3.63) is 63.2 Å². The molecule has 1 fully saturated rings. The number of hydrogen-bond donors (Lipinski definition) is 0. The van der Waals surface area contributed by atoms with Crippen molar-refractivity contribution in [2.75, 3.05) is 0 Å². The van der Waals surface area contributed by atoms with Crippen LogP contribution in [0.5, 0.6) is 0 Å². The topological polar surface area (TPSA) is 102 Å². The lowest BCUT2D eigenvalue weighted by atomic mass is 9.97. The third kappa shape index (κ3) is 6.11. The van der Waals surface area contributed by atoms with Crippen molar-refractivity contribution < 1.29 is 18.8 Å². The molecular weight excluding hydrogens is 548 g/mol. The molecule has 3 heterocycles. The predicted molar refractivity (Wildman–Crippen MR) is 159 cm³/mol. The van der Waals surface area contributed by atoms with E-state index in [1.807, 2.05) is 24.6 Å². The van der Waals surface area contributed by atoms with E-state index in [-0.39, 0.29) is 46.6 Å². The first kappa shape index (κ1) is 30.6. The van der Waals surface area contributed by atoms with Gasteiger partial charge in [0, 0.05) is 24.2 Å². The first-order chi connectivity index (χ1) is 18.7. The molecule has 1 aromatic carbocycles. The molecule has 218 valence electrons. The minimum atomic E-state index is -2.00. The van der Waals surface area contributed by atoms with E-state index in [0.717, 1.165) is 12.0 Å². The summed E-state index contributed by atoms with van der Waals surface area (Å²) in [5.74, 6) is -0.00195. The van der Waals surface area contributed by atoms with Crippen LogP contribution < -0.4 is 0 Å². The molecule has 1 aliphatic heterocycles. The fraction of sp³-hybridized carbons (Fsp3) is 0.586. The number of rotatable bonds is 10. The van der Waals surface area contributed by atoms with Crippen molar-refractivity contribution in [3.63, 3.8) is 0 Å². The molecule has 0 aliphatic carbocycles. The van der Waals surface area contributed by atoms with Crippen LogP contribution >= 0.6 is 11.6 Å². The van der Waals surface area contributed by atoms with E-state index in [0.29, 0.717) is 28.2 Å². The van der Waals surface area contributed by atoms with E-state index >= 15 is 0 Å². The fourth-order valence-electron chi connectivity index (χ4n) is 5.08. The van der Waals surface area contributed by atoms with Crippen LogP contribution in [0.3, 0.4) is 0 Å². The Morgan fingerprint density at radius 3 is 2.58 bits per heavy atom. The highest BCUT2D eigenvalue weighted by molar-refractivity contribution is 6.74. The second-order valence-electron chi connectivity index (χ2n) is 12.4. The van der Waals surface area contributed by atoms with E-state index in [1.165, 1.54) is 12.4 Å². The predicted octanol–water partition coefficient (Wildman–Crippen LogP) is 7.99. The molecule has 0 saturated carbocycles. The molecule has 0 radical (unpaired) electrons. The van der Waals surface area contributed by atoms with E-state index in [2.05, 4.69) is 50.8 Å². The van der Waals surface area contributed by atoms with Crippen LogP contribution in [-0.4, -0.2) is 40.0 Å². The molecular formula is C29H41ClN4O5Si. The zero-order chi connectivity index (χ0) is 29.4. The molecule has 40 heavy (non-hydrogen) atoms. The summed E-state index contributed by atoms with van der Waals surface area (Å²) in [6.07, 6.45) is 4.14. The van der Waals surface area contributed by atoms with Crippen LogP contribution in [0.4, 0.5) is 5.69 Å². The molecule has 0 spiro atoms. The summed E-state index contributed by atoms with van der Waals surface area (Å²) in [6, 6.07) is 6.72. The van der Waals surface area contributed by atoms with E-state index in [4.69, 9.17) is 25.5 Å². The van der Waals surface area contributed by atoms with Crippen LogP contribution in [0.1, 0.15) is 77.8 Å². The van der Waals surface area contributed by atoms with Gasteiger partial charge in [0.05, 0.1) is 40.8 Å². The van der Waals surface area contributed by atoms with Crippen LogP contribution in [0.15, 0.2) is 36.8 Å². The lowest BCUT2D eigenvalue weighted by Crippen LogP contribution is -2.45. The molecule has 0 amide bonds. The molecule has 1 aliphatic rings. The largest absolute Gasteiger partial charge is 0.411 e. The minimum absolute atomic E-state index is 0.00195. The van der Waals surface area contributed by atoms with Crippen molar-refractivity contribution in [1.82, 2.24) is 14.5 Å². The Bertz CT molecular complexity index is 1360. The number of ether oxygens (including phenoxy) is 2. The highest BCUT2D eigenvalue weighted by Crippen LogP contribution is 2.43. The number of fused-ring (bicyclic) bond motifs is 1. The molecule has 4 atom stereocenters. The Labute approximate surface area is 242 Å². The molecule has 11 heteroatoms. The van der Waals surface area contributed by atoms with E-state index in [1.54, 1.807) is 18.2 Å². The SMILES string of the molecule is CC[C@H]1O[C@@H](n2cc(COC(c3ccccc3[N+](=O)[O-])C(C)C)c3c(Cl)ncnc32)CC1O[Si](C)(C)C(C)(C)C. The zero-order valence-electron chi connectivity index (χ0n) is 24.7. The van der Waals surface area contributed by atoms with Gasteiger partial charge in [0.25, 0.3) is 5.69 Å². The van der Waals surface area contributed by atoms with Gasteiger partial charge in [-0.05, 0) is 36.5 Å². The summed E-state index contributed by atoms with van der Waals surface area (Å²) in [5.41, 5.74) is 2.06. The zero-order valence-corrected chi connectivity index (χ0v) is 26.4. The average molecular weight is 589 g/mol. The number of benzene rings is 1. The van der Waals surface area contributed by atoms with Gasteiger partial charge in [0.15, 0.2) is 8.32 Å². The molecule has 2 unspecified atom stereocenters. The molecule has 1 saturated heterocycles. The minimum Gasteiger partial charge on any atom is -0.411 e. The second kappa shape index (κ2) is 11.9. The van der Waals surface area contributed by atoms with Crippen LogP contribution in [-0.2, 0) is 20.5 Å². The Kier molecular flexibility index (Phi) is 9.06. The summed E-state index contributed by atoms with van der Waals surface area (Å²) >= 11 is 6.60. The number of para-hydroxylation sites is 1. The van der Waals surface area contributed by atoms with Crippen molar-refractivity contribution in [2.45, 2.75) is 104 Å². The van der Waals surface area contributed by atoms with Gasteiger partial charge >= 0.3 is 0 Å². The Morgan fingerprint density at radius 1 is 1.25 bits per heavy atom. The monoisotopic (exact) mass is 588 g/mol. The van der Waals surface area contributed by atoms with Gasteiger partial charge in [-0.2, -0.15) is 0 Å². The number of hydrogen-bond acceptors (Lipinski definition) is 7. The summed E-state index contributed by atoms with van der Waals surface area (Å²) in [5, 5.41) is 12.8. The maximum Gasteiger partial charge on any atom is 0.275 e. The lowest BCUT2D eigenvalue weighted by molar-refractivity contribution is -0.386. The van der Waals surface area contributed by atoms with Crippen LogP contribution in [0.25, 0.3) is 11.0 Å². The average Bonchev–Trinajstić information content (AvgIpc) is 3.45. The highest BCUT2D eigenvalue weighted by Gasteiger charge is 2.45. The maximum absolute atomic E-state index is 11.7. The maximum atomic E-state index is 11.7. The van der Waals surface area contributed by atoms with Crippen LogP contribution in [0.2, 0.25) is 23.3 Å². The van der Waals surface area contributed by atoms with Gasteiger partial charge in [0.2, 0.25) is 0 Å². The number of aromatic nitrogens is 3. The van der Waals surface area contributed by atoms with Crippen molar-refractivity contribution in [1.29, 1.82) is 0 Å².